The number of amides is 1. The minimum absolute atomic E-state index is 0.0240. The average molecular weight is 390 g/mol. The van der Waals surface area contributed by atoms with Gasteiger partial charge in [0, 0.05) is 16.9 Å². The van der Waals surface area contributed by atoms with Gasteiger partial charge in [-0.25, -0.2) is 0 Å². The lowest BCUT2D eigenvalue weighted by Crippen LogP contribution is -2.34. The Balaban J connectivity index is 1.66. The monoisotopic (exact) mass is 389 g/mol. The highest BCUT2D eigenvalue weighted by Crippen LogP contribution is 2.26. The lowest BCUT2D eigenvalue weighted by Gasteiger charge is -2.15. The molecule has 0 spiro atoms. The maximum absolute atomic E-state index is 12.5. The van der Waals surface area contributed by atoms with Crippen molar-refractivity contribution in [1.82, 2.24) is 5.32 Å². The number of benzene rings is 2. The van der Waals surface area contributed by atoms with Gasteiger partial charge < -0.3 is 14.8 Å². The summed E-state index contributed by atoms with van der Waals surface area (Å²) in [4.78, 5) is 12.5. The van der Waals surface area contributed by atoms with Gasteiger partial charge in [0.1, 0.15) is 11.5 Å². The van der Waals surface area contributed by atoms with Crippen molar-refractivity contribution >= 4 is 21.8 Å². The third kappa shape index (κ3) is 3.73. The summed E-state index contributed by atoms with van der Waals surface area (Å²) in [5.74, 6) is 1.53. The van der Waals surface area contributed by atoms with E-state index in [-0.39, 0.29) is 11.9 Å². The second-order valence-electron chi connectivity index (χ2n) is 5.96. The van der Waals surface area contributed by atoms with Crippen LogP contribution in [0.5, 0.6) is 11.5 Å². The Bertz CT molecular complexity index is 760. The summed E-state index contributed by atoms with van der Waals surface area (Å²) < 4.78 is 11.5. The van der Waals surface area contributed by atoms with Crippen LogP contribution in [0.4, 0.5) is 0 Å². The van der Waals surface area contributed by atoms with Crippen LogP contribution >= 0.6 is 15.9 Å². The van der Waals surface area contributed by atoms with Crippen molar-refractivity contribution in [2.24, 2.45) is 0 Å². The van der Waals surface area contributed by atoms with Gasteiger partial charge in [0.2, 0.25) is 0 Å². The average Bonchev–Trinajstić information content (AvgIpc) is 3.02. The minimum Gasteiger partial charge on any atom is -0.497 e. The minimum atomic E-state index is -0.113. The maximum Gasteiger partial charge on any atom is 0.252 e. The van der Waals surface area contributed by atoms with E-state index in [9.17, 15) is 4.79 Å². The first kappa shape index (κ1) is 16.8. The van der Waals surface area contributed by atoms with Crippen molar-refractivity contribution < 1.29 is 14.3 Å². The van der Waals surface area contributed by atoms with E-state index < -0.39 is 0 Å². The molecule has 0 radical (unpaired) electrons. The fraction of sp³-hybridized carbons (Fsp3) is 0.316. The quantitative estimate of drug-likeness (QED) is 0.846. The van der Waals surface area contributed by atoms with Gasteiger partial charge >= 0.3 is 0 Å². The Morgan fingerprint density at radius 1 is 1.33 bits per heavy atom. The molecule has 1 N–H and O–H groups in total. The van der Waals surface area contributed by atoms with E-state index in [1.165, 1.54) is 11.1 Å². The van der Waals surface area contributed by atoms with Crippen LogP contribution in [0.2, 0.25) is 0 Å². The molecule has 126 valence electrons. The van der Waals surface area contributed by atoms with Crippen molar-refractivity contribution in [3.63, 3.8) is 0 Å². The lowest BCUT2D eigenvalue weighted by molar-refractivity contribution is 0.0939. The van der Waals surface area contributed by atoms with Crippen LogP contribution in [-0.2, 0) is 12.8 Å². The summed E-state index contributed by atoms with van der Waals surface area (Å²) in [5, 5.41) is 3.05. The first-order valence-electron chi connectivity index (χ1n) is 7.96. The van der Waals surface area contributed by atoms with Crippen molar-refractivity contribution in [3.05, 3.63) is 57.6 Å². The summed E-state index contributed by atoms with van der Waals surface area (Å²) in [6, 6.07) is 11.6. The number of nitrogens with one attached hydrogen (secondary N) is 1. The fourth-order valence-corrected chi connectivity index (χ4v) is 3.31. The summed E-state index contributed by atoms with van der Waals surface area (Å²) >= 11 is 3.42. The van der Waals surface area contributed by atoms with Gasteiger partial charge in [-0.3, -0.25) is 4.79 Å². The van der Waals surface area contributed by atoms with Gasteiger partial charge in [-0.15, -0.1) is 0 Å². The van der Waals surface area contributed by atoms with E-state index in [4.69, 9.17) is 9.47 Å². The fourth-order valence-electron chi connectivity index (χ4n) is 2.88. The number of carbonyl (C=O) groups excluding carboxylic acids is 1. The molecule has 0 bridgehead atoms. The van der Waals surface area contributed by atoms with Crippen molar-refractivity contribution in [3.8, 4) is 11.5 Å². The van der Waals surface area contributed by atoms with Crippen LogP contribution in [0.25, 0.3) is 0 Å². The lowest BCUT2D eigenvalue weighted by atomic mass is 10.0. The number of rotatable bonds is 5. The van der Waals surface area contributed by atoms with E-state index in [2.05, 4.69) is 33.4 Å². The zero-order valence-electron chi connectivity index (χ0n) is 13.8. The summed E-state index contributed by atoms with van der Waals surface area (Å²) in [7, 11) is 1.59. The molecule has 0 aromatic heterocycles. The highest BCUT2D eigenvalue weighted by atomic mass is 79.9. The van der Waals surface area contributed by atoms with Crippen molar-refractivity contribution in [2.75, 3.05) is 13.7 Å². The maximum atomic E-state index is 12.5. The smallest absolute Gasteiger partial charge is 0.252 e. The number of fused-ring (bicyclic) bond motifs is 1. The summed E-state index contributed by atoms with van der Waals surface area (Å²) in [6.07, 6.45) is 1.74. The molecule has 1 atom stereocenters. The molecule has 4 nitrogen and oxygen atoms in total. The molecule has 3 rings (SSSR count). The molecule has 2 aromatic carbocycles. The topological polar surface area (TPSA) is 47.6 Å². The highest BCUT2D eigenvalue weighted by molar-refractivity contribution is 9.10. The SMILES string of the molecule is COc1ccc(Br)c(C(=O)NC(C)Cc2ccc3c(c2)CCO3)c1. The van der Waals surface area contributed by atoms with Crippen molar-refractivity contribution in [2.45, 2.75) is 25.8 Å². The third-order valence-electron chi connectivity index (χ3n) is 4.09. The van der Waals surface area contributed by atoms with Gasteiger partial charge in [0.15, 0.2) is 0 Å². The number of hydrogen-bond donors (Lipinski definition) is 1. The summed E-state index contributed by atoms with van der Waals surface area (Å²) in [5.41, 5.74) is 3.03. The van der Waals surface area contributed by atoms with E-state index >= 15 is 0 Å². The van der Waals surface area contributed by atoms with Crippen LogP contribution in [0.1, 0.15) is 28.4 Å². The van der Waals surface area contributed by atoms with Crippen LogP contribution in [0.15, 0.2) is 40.9 Å². The van der Waals surface area contributed by atoms with Gasteiger partial charge in [-0.2, -0.15) is 0 Å². The standard InChI is InChI=1S/C19H20BrNO3/c1-12(9-13-3-6-18-14(10-13)7-8-24-18)21-19(22)16-11-15(23-2)4-5-17(16)20/h3-6,10-12H,7-9H2,1-2H3,(H,21,22). The van der Waals surface area contributed by atoms with E-state index in [0.717, 1.165) is 29.7 Å². The van der Waals surface area contributed by atoms with E-state index in [0.29, 0.717) is 11.3 Å². The molecular weight excluding hydrogens is 370 g/mol. The molecule has 2 aromatic rings. The Morgan fingerprint density at radius 2 is 2.17 bits per heavy atom. The molecule has 0 aliphatic carbocycles. The normalized spacial score (nSPS) is 13.8. The van der Waals surface area contributed by atoms with Crippen molar-refractivity contribution in [1.29, 1.82) is 0 Å². The Kier molecular flexibility index (Phi) is 5.09. The van der Waals surface area contributed by atoms with Crippen LogP contribution in [-0.4, -0.2) is 25.7 Å². The largest absolute Gasteiger partial charge is 0.497 e. The third-order valence-corrected chi connectivity index (χ3v) is 4.78. The van der Waals surface area contributed by atoms with E-state index in [1.807, 2.05) is 25.1 Å². The summed E-state index contributed by atoms with van der Waals surface area (Å²) in [6.45, 7) is 2.77. The Labute approximate surface area is 150 Å². The van der Waals surface area contributed by atoms with Gasteiger partial charge in [-0.1, -0.05) is 12.1 Å². The first-order valence-corrected chi connectivity index (χ1v) is 8.75. The van der Waals surface area contributed by atoms with Crippen LogP contribution < -0.4 is 14.8 Å². The molecule has 0 saturated carbocycles. The second-order valence-corrected chi connectivity index (χ2v) is 6.82. The Hall–Kier alpha value is -2.01. The molecular formula is C19H20BrNO3. The van der Waals surface area contributed by atoms with Gasteiger partial charge in [0.25, 0.3) is 5.91 Å². The van der Waals surface area contributed by atoms with Crippen LogP contribution in [0, 0.1) is 0 Å². The zero-order chi connectivity index (χ0) is 17.1. The highest BCUT2D eigenvalue weighted by Gasteiger charge is 2.16. The molecule has 1 aliphatic heterocycles. The number of carbonyl (C=O) groups is 1. The molecule has 1 aliphatic rings. The predicted octanol–water partition coefficient (Wildman–Crippen LogP) is 3.75. The molecule has 5 heteroatoms. The molecule has 24 heavy (non-hydrogen) atoms. The number of hydrogen-bond acceptors (Lipinski definition) is 3. The number of methoxy groups -OCH3 is 1. The van der Waals surface area contributed by atoms with Gasteiger partial charge in [0.05, 0.1) is 19.3 Å². The Morgan fingerprint density at radius 3 is 2.96 bits per heavy atom. The number of halogens is 1. The van der Waals surface area contributed by atoms with Crippen LogP contribution in [0.3, 0.4) is 0 Å². The molecule has 0 saturated heterocycles. The van der Waals surface area contributed by atoms with E-state index in [1.54, 1.807) is 13.2 Å². The molecule has 1 amide bonds. The molecule has 1 unspecified atom stereocenters. The predicted molar refractivity (Wildman–Crippen MR) is 97.0 cm³/mol. The zero-order valence-corrected chi connectivity index (χ0v) is 15.4. The molecule has 1 heterocycles. The number of ether oxygens (including phenoxy) is 2. The molecule has 0 fully saturated rings. The van der Waals surface area contributed by atoms with Gasteiger partial charge in [-0.05, 0) is 64.7 Å². The first-order chi connectivity index (χ1) is 11.6. The second kappa shape index (κ2) is 7.26.